The molecule has 0 aliphatic heterocycles. The summed E-state index contributed by atoms with van der Waals surface area (Å²) in [7, 11) is -3.46. The number of ether oxygens (including phenoxy) is 1. The molecule has 0 N–H and O–H groups in total. The van der Waals surface area contributed by atoms with Crippen molar-refractivity contribution in [1.29, 1.82) is 0 Å². The normalized spacial score (nSPS) is 11.2. The zero-order chi connectivity index (χ0) is 16.9. The van der Waals surface area contributed by atoms with Gasteiger partial charge < -0.3 is 4.74 Å². The van der Waals surface area contributed by atoms with Gasteiger partial charge in [-0.2, -0.15) is 0 Å². The summed E-state index contributed by atoms with van der Waals surface area (Å²) in [5.41, 5.74) is 2.94. The van der Waals surface area contributed by atoms with Crippen LogP contribution in [0.3, 0.4) is 0 Å². The second-order valence-electron chi connectivity index (χ2n) is 5.47. The van der Waals surface area contributed by atoms with Crippen LogP contribution in [0.1, 0.15) is 23.1 Å². The van der Waals surface area contributed by atoms with Crippen molar-refractivity contribution in [2.75, 3.05) is 5.75 Å². The second-order valence-corrected chi connectivity index (χ2v) is 7.58. The molecule has 0 atom stereocenters. The van der Waals surface area contributed by atoms with E-state index >= 15 is 0 Å². The molecule has 0 aromatic heterocycles. The average molecular weight is 332 g/mol. The van der Waals surface area contributed by atoms with Crippen molar-refractivity contribution in [2.24, 2.45) is 0 Å². The first-order valence-electron chi connectivity index (χ1n) is 7.38. The molecule has 2 rings (SSSR count). The number of esters is 1. The Bertz CT molecular complexity index is 777. The van der Waals surface area contributed by atoms with Crippen molar-refractivity contribution in [3.05, 3.63) is 65.2 Å². The molecule has 0 unspecified atom stereocenters. The molecule has 0 aliphatic carbocycles. The summed E-state index contributed by atoms with van der Waals surface area (Å²) < 4.78 is 29.5. The van der Waals surface area contributed by atoms with E-state index in [0.29, 0.717) is 0 Å². The molecular weight excluding hydrogens is 312 g/mol. The fourth-order valence-electron chi connectivity index (χ4n) is 2.08. The maximum absolute atomic E-state index is 12.2. The Hall–Kier alpha value is -2.14. The molecule has 0 fully saturated rings. The van der Waals surface area contributed by atoms with Gasteiger partial charge in [0, 0.05) is 0 Å². The van der Waals surface area contributed by atoms with E-state index in [1.165, 1.54) is 0 Å². The summed E-state index contributed by atoms with van der Waals surface area (Å²) in [6, 6.07) is 14.2. The highest BCUT2D eigenvalue weighted by Gasteiger charge is 2.17. The molecule has 2 aromatic carbocycles. The predicted molar refractivity (Wildman–Crippen MR) is 88.8 cm³/mol. The van der Waals surface area contributed by atoms with Gasteiger partial charge in [-0.15, -0.1) is 0 Å². The standard InChI is InChI=1S/C18H20O4S/c1-14-7-9-17(10-8-14)23(20,21)12-11-18(19)22-13-16-6-4-3-5-15(16)2/h3-10H,11-13H2,1-2H3. The summed E-state index contributed by atoms with van der Waals surface area (Å²) in [6.07, 6.45) is -0.151. The van der Waals surface area contributed by atoms with Gasteiger partial charge in [0.1, 0.15) is 6.61 Å². The van der Waals surface area contributed by atoms with Crippen molar-refractivity contribution >= 4 is 15.8 Å². The lowest BCUT2D eigenvalue weighted by Gasteiger charge is -2.08. The van der Waals surface area contributed by atoms with Crippen LogP contribution in [-0.2, 0) is 26.0 Å². The smallest absolute Gasteiger partial charge is 0.307 e. The first-order chi connectivity index (χ1) is 10.9. The fraction of sp³-hybridized carbons (Fsp3) is 0.278. The fourth-order valence-corrected chi connectivity index (χ4v) is 3.31. The largest absolute Gasteiger partial charge is 0.461 e. The SMILES string of the molecule is Cc1ccc(S(=O)(=O)CCC(=O)OCc2ccccc2C)cc1. The van der Waals surface area contributed by atoms with Crippen molar-refractivity contribution in [2.45, 2.75) is 31.8 Å². The van der Waals surface area contributed by atoms with Gasteiger partial charge in [-0.25, -0.2) is 8.42 Å². The van der Waals surface area contributed by atoms with E-state index in [4.69, 9.17) is 4.74 Å². The summed E-state index contributed by atoms with van der Waals surface area (Å²) in [5, 5.41) is 0. The maximum atomic E-state index is 12.2. The van der Waals surface area contributed by atoms with E-state index < -0.39 is 15.8 Å². The molecule has 0 saturated heterocycles. The van der Waals surface area contributed by atoms with Crippen molar-refractivity contribution in [3.63, 3.8) is 0 Å². The zero-order valence-electron chi connectivity index (χ0n) is 13.3. The van der Waals surface area contributed by atoms with Crippen LogP contribution in [0.25, 0.3) is 0 Å². The molecule has 0 heterocycles. The topological polar surface area (TPSA) is 60.4 Å². The average Bonchev–Trinajstić information content (AvgIpc) is 2.53. The zero-order valence-corrected chi connectivity index (χ0v) is 14.1. The first-order valence-corrected chi connectivity index (χ1v) is 9.03. The Labute approximate surface area is 137 Å². The monoisotopic (exact) mass is 332 g/mol. The minimum atomic E-state index is -3.46. The van der Waals surface area contributed by atoms with E-state index in [-0.39, 0.29) is 23.7 Å². The van der Waals surface area contributed by atoms with Crippen molar-refractivity contribution < 1.29 is 17.9 Å². The number of hydrogen-bond donors (Lipinski definition) is 0. The number of hydrogen-bond acceptors (Lipinski definition) is 4. The number of carbonyl (C=O) groups is 1. The van der Waals surface area contributed by atoms with Gasteiger partial charge in [-0.3, -0.25) is 4.79 Å². The van der Waals surface area contributed by atoms with Gasteiger partial charge in [0.15, 0.2) is 9.84 Å². The van der Waals surface area contributed by atoms with Gasteiger partial charge in [-0.1, -0.05) is 42.0 Å². The van der Waals surface area contributed by atoms with Crippen LogP contribution in [0.2, 0.25) is 0 Å². The van der Waals surface area contributed by atoms with Crippen LogP contribution in [0.4, 0.5) is 0 Å². The van der Waals surface area contributed by atoms with Crippen molar-refractivity contribution in [3.8, 4) is 0 Å². The Morgan fingerprint density at radius 1 is 1.00 bits per heavy atom. The number of carbonyl (C=O) groups excluding carboxylic acids is 1. The lowest BCUT2D eigenvalue weighted by Crippen LogP contribution is -2.13. The number of benzene rings is 2. The lowest BCUT2D eigenvalue weighted by molar-refractivity contribution is -0.144. The molecule has 0 aliphatic rings. The number of sulfone groups is 1. The quantitative estimate of drug-likeness (QED) is 0.762. The summed E-state index contributed by atoms with van der Waals surface area (Å²) in [6.45, 7) is 3.99. The highest BCUT2D eigenvalue weighted by molar-refractivity contribution is 7.91. The molecule has 4 nitrogen and oxygen atoms in total. The summed E-state index contributed by atoms with van der Waals surface area (Å²) >= 11 is 0. The van der Waals surface area contributed by atoms with Gasteiger partial charge >= 0.3 is 5.97 Å². The molecule has 122 valence electrons. The van der Waals surface area contributed by atoms with Crippen LogP contribution < -0.4 is 0 Å². The van der Waals surface area contributed by atoms with Gasteiger partial charge in [0.2, 0.25) is 0 Å². The summed E-state index contributed by atoms with van der Waals surface area (Å²) in [4.78, 5) is 12.0. The molecule has 2 aromatic rings. The van der Waals surface area contributed by atoms with Crippen molar-refractivity contribution in [1.82, 2.24) is 0 Å². The molecule has 0 bridgehead atoms. The predicted octanol–water partition coefficient (Wildman–Crippen LogP) is 3.21. The van der Waals surface area contributed by atoms with Crippen LogP contribution >= 0.6 is 0 Å². The van der Waals surface area contributed by atoms with E-state index in [2.05, 4.69) is 0 Å². The third kappa shape index (κ3) is 4.93. The first kappa shape index (κ1) is 17.2. The Balaban J connectivity index is 1.89. The van der Waals surface area contributed by atoms with E-state index in [1.54, 1.807) is 24.3 Å². The molecule has 0 saturated carbocycles. The molecular formula is C18H20O4S. The molecule has 0 amide bonds. The number of aryl methyl sites for hydroxylation is 2. The minimum absolute atomic E-state index is 0.151. The van der Waals surface area contributed by atoms with Crippen LogP contribution in [0.5, 0.6) is 0 Å². The third-order valence-electron chi connectivity index (χ3n) is 3.60. The van der Waals surface area contributed by atoms with Gasteiger partial charge in [0.25, 0.3) is 0 Å². The molecule has 5 heteroatoms. The highest BCUT2D eigenvalue weighted by atomic mass is 32.2. The second kappa shape index (κ2) is 7.42. The molecule has 0 spiro atoms. The Morgan fingerprint density at radius 2 is 1.65 bits per heavy atom. The lowest BCUT2D eigenvalue weighted by atomic mass is 10.1. The van der Waals surface area contributed by atoms with Crippen LogP contribution in [-0.4, -0.2) is 20.1 Å². The maximum Gasteiger partial charge on any atom is 0.307 e. The van der Waals surface area contributed by atoms with Gasteiger partial charge in [0.05, 0.1) is 17.1 Å². The van der Waals surface area contributed by atoms with E-state index in [9.17, 15) is 13.2 Å². The third-order valence-corrected chi connectivity index (χ3v) is 5.34. The van der Waals surface area contributed by atoms with E-state index in [1.807, 2.05) is 38.1 Å². The van der Waals surface area contributed by atoms with E-state index in [0.717, 1.165) is 16.7 Å². The number of rotatable bonds is 6. The molecule has 0 radical (unpaired) electrons. The Morgan fingerprint density at radius 3 is 2.30 bits per heavy atom. The summed E-state index contributed by atoms with van der Waals surface area (Å²) in [5.74, 6) is -0.758. The highest BCUT2D eigenvalue weighted by Crippen LogP contribution is 2.14. The van der Waals surface area contributed by atoms with Gasteiger partial charge in [-0.05, 0) is 37.1 Å². The minimum Gasteiger partial charge on any atom is -0.461 e. The Kier molecular flexibility index (Phi) is 5.55. The molecule has 23 heavy (non-hydrogen) atoms. The van der Waals surface area contributed by atoms with Crippen LogP contribution in [0.15, 0.2) is 53.4 Å². The van der Waals surface area contributed by atoms with Crippen LogP contribution in [0, 0.1) is 13.8 Å².